The Hall–Kier alpha value is -3.46. The van der Waals surface area contributed by atoms with Crippen molar-refractivity contribution in [1.82, 2.24) is 10.3 Å². The summed E-state index contributed by atoms with van der Waals surface area (Å²) in [5.41, 5.74) is 6.50. The molecule has 1 fully saturated rings. The molecule has 2 N–H and O–H groups in total. The van der Waals surface area contributed by atoms with E-state index >= 15 is 0 Å². The second-order valence-electron chi connectivity index (χ2n) is 10.2. The predicted molar refractivity (Wildman–Crippen MR) is 161 cm³/mol. The predicted octanol–water partition coefficient (Wildman–Crippen LogP) is 6.60. The van der Waals surface area contributed by atoms with Gasteiger partial charge in [0.1, 0.15) is 11.6 Å². The first-order valence-electron chi connectivity index (χ1n) is 13.4. The topological polar surface area (TPSA) is 83.0 Å². The van der Waals surface area contributed by atoms with E-state index in [1.165, 1.54) is 12.1 Å². The third kappa shape index (κ3) is 8.52. The molecule has 0 aliphatic carbocycles. The van der Waals surface area contributed by atoms with Crippen LogP contribution in [0, 0.1) is 18.7 Å². The molecule has 0 aromatic heterocycles. The Labute approximate surface area is 249 Å². The van der Waals surface area contributed by atoms with Crippen LogP contribution < -0.4 is 15.5 Å². The molecular formula is C31H33Cl2FN4O3. The number of hydrogen-bond acceptors (Lipinski definition) is 5. The van der Waals surface area contributed by atoms with Crippen LogP contribution in [0.5, 0.6) is 5.75 Å². The molecule has 1 atom stereocenters. The van der Waals surface area contributed by atoms with E-state index < -0.39 is 6.10 Å². The molecule has 10 heteroatoms. The molecule has 0 bridgehead atoms. The molecule has 1 unspecified atom stereocenters. The zero-order chi connectivity index (χ0) is 29.5. The highest BCUT2D eigenvalue weighted by Crippen LogP contribution is 2.24. The van der Waals surface area contributed by atoms with Gasteiger partial charge in [-0.3, -0.25) is 14.5 Å². The van der Waals surface area contributed by atoms with Crippen molar-refractivity contribution in [3.05, 3.63) is 93.2 Å². The number of nitrogens with zero attached hydrogens (tertiary/aromatic N) is 2. The van der Waals surface area contributed by atoms with Gasteiger partial charge in [0.15, 0.2) is 6.10 Å². The molecule has 1 saturated heterocycles. The van der Waals surface area contributed by atoms with Crippen molar-refractivity contribution >= 4 is 46.4 Å². The SMILES string of the molecule is C/C(=N/NC(=O)C1CCN(Cc2ccc(F)cc2Cl)CC1)c1ccc(NC(=O)C(C)Oc2ccc(Cl)cc2C)cc1. The molecular weight excluding hydrogens is 566 g/mol. The van der Waals surface area contributed by atoms with Gasteiger partial charge in [0.25, 0.3) is 5.91 Å². The van der Waals surface area contributed by atoms with E-state index in [-0.39, 0.29) is 23.5 Å². The summed E-state index contributed by atoms with van der Waals surface area (Å²) in [5, 5.41) is 8.16. The number of carbonyl (C=O) groups is 2. The Bertz CT molecular complexity index is 1420. The fourth-order valence-electron chi connectivity index (χ4n) is 4.57. The lowest BCUT2D eigenvalue weighted by atomic mass is 9.96. The molecule has 2 amide bonds. The van der Waals surface area contributed by atoms with Crippen LogP contribution in [-0.4, -0.2) is 41.6 Å². The van der Waals surface area contributed by atoms with Crippen LogP contribution in [0.1, 0.15) is 43.4 Å². The minimum Gasteiger partial charge on any atom is -0.481 e. The van der Waals surface area contributed by atoms with Gasteiger partial charge in [-0.25, -0.2) is 9.82 Å². The standard InChI is InChI=1S/C31H33Cl2FN4O3/c1-19-16-25(32)7-11-29(19)41-21(3)30(39)35-27-9-5-22(6-10-27)20(2)36-37-31(40)23-12-14-38(15-13-23)18-24-4-8-26(34)17-28(24)33/h4-11,16-17,21,23H,12-15,18H2,1-3H3,(H,35,39)(H,37,40)/b36-20-. The third-order valence-electron chi connectivity index (χ3n) is 7.08. The molecule has 3 aromatic carbocycles. The number of rotatable bonds is 9. The van der Waals surface area contributed by atoms with Gasteiger partial charge in [0.05, 0.1) is 5.71 Å². The fourth-order valence-corrected chi connectivity index (χ4v) is 5.02. The number of hydrogen-bond donors (Lipinski definition) is 2. The van der Waals surface area contributed by atoms with E-state index in [4.69, 9.17) is 27.9 Å². The van der Waals surface area contributed by atoms with Gasteiger partial charge >= 0.3 is 0 Å². The second-order valence-corrected chi connectivity index (χ2v) is 11.0. The number of ether oxygens (including phenoxy) is 1. The molecule has 3 aromatic rings. The zero-order valence-electron chi connectivity index (χ0n) is 23.2. The maximum absolute atomic E-state index is 13.3. The van der Waals surface area contributed by atoms with Crippen LogP contribution in [0.15, 0.2) is 65.8 Å². The first kappa shape index (κ1) is 30.5. The smallest absolute Gasteiger partial charge is 0.265 e. The normalized spacial score (nSPS) is 15.3. The van der Waals surface area contributed by atoms with Crippen LogP contribution in [-0.2, 0) is 16.1 Å². The molecule has 0 saturated carbocycles. The van der Waals surface area contributed by atoms with Crippen molar-refractivity contribution in [2.24, 2.45) is 11.0 Å². The van der Waals surface area contributed by atoms with Gasteiger partial charge < -0.3 is 10.1 Å². The molecule has 7 nitrogen and oxygen atoms in total. The fraction of sp³-hybridized carbons (Fsp3) is 0.323. The minimum absolute atomic E-state index is 0.113. The van der Waals surface area contributed by atoms with Crippen LogP contribution in [0.4, 0.5) is 10.1 Å². The van der Waals surface area contributed by atoms with Gasteiger partial charge in [-0.2, -0.15) is 5.10 Å². The molecule has 0 radical (unpaired) electrons. The highest BCUT2D eigenvalue weighted by atomic mass is 35.5. The van der Waals surface area contributed by atoms with E-state index in [0.717, 1.165) is 29.8 Å². The van der Waals surface area contributed by atoms with Gasteiger partial charge in [-0.1, -0.05) is 41.4 Å². The summed E-state index contributed by atoms with van der Waals surface area (Å²) in [5.74, 6) is -0.283. The maximum atomic E-state index is 13.3. The van der Waals surface area contributed by atoms with Crippen LogP contribution in [0.25, 0.3) is 0 Å². The third-order valence-corrected chi connectivity index (χ3v) is 7.67. The molecule has 0 spiro atoms. The highest BCUT2D eigenvalue weighted by molar-refractivity contribution is 6.31. The molecule has 216 valence electrons. The molecule has 41 heavy (non-hydrogen) atoms. The Morgan fingerprint density at radius 1 is 1.07 bits per heavy atom. The number of likely N-dealkylation sites (tertiary alicyclic amines) is 1. The van der Waals surface area contributed by atoms with Crippen LogP contribution in [0.3, 0.4) is 0 Å². The number of amides is 2. The summed E-state index contributed by atoms with van der Waals surface area (Å²) in [6.07, 6.45) is 0.696. The summed E-state index contributed by atoms with van der Waals surface area (Å²) < 4.78 is 19.1. The van der Waals surface area contributed by atoms with Crippen LogP contribution >= 0.6 is 23.2 Å². The minimum atomic E-state index is -0.708. The summed E-state index contributed by atoms with van der Waals surface area (Å²) in [6, 6.07) is 16.9. The van der Waals surface area contributed by atoms with Crippen molar-refractivity contribution in [2.75, 3.05) is 18.4 Å². The highest BCUT2D eigenvalue weighted by Gasteiger charge is 2.25. The second kappa shape index (κ2) is 13.9. The number of carbonyl (C=O) groups excluding carboxylic acids is 2. The molecule has 1 aliphatic rings. The number of halogens is 3. The van der Waals surface area contributed by atoms with Crippen molar-refractivity contribution < 1.29 is 18.7 Å². The van der Waals surface area contributed by atoms with E-state index in [1.54, 1.807) is 43.3 Å². The van der Waals surface area contributed by atoms with E-state index in [0.29, 0.717) is 46.6 Å². The van der Waals surface area contributed by atoms with Crippen LogP contribution in [0.2, 0.25) is 10.0 Å². The quantitative estimate of drug-likeness (QED) is 0.215. The first-order chi connectivity index (χ1) is 19.6. The van der Waals surface area contributed by atoms with E-state index in [2.05, 4.69) is 20.7 Å². The van der Waals surface area contributed by atoms with Crippen molar-refractivity contribution in [3.8, 4) is 5.75 Å². The van der Waals surface area contributed by atoms with Gasteiger partial charge in [0, 0.05) is 28.2 Å². The Kier molecular flexibility index (Phi) is 10.4. The number of hydrazone groups is 1. The first-order valence-corrected chi connectivity index (χ1v) is 14.2. The van der Waals surface area contributed by atoms with E-state index in [1.807, 2.05) is 26.0 Å². The lowest BCUT2D eigenvalue weighted by molar-refractivity contribution is -0.126. The van der Waals surface area contributed by atoms with Gasteiger partial charge in [-0.15, -0.1) is 0 Å². The van der Waals surface area contributed by atoms with Gasteiger partial charge in [0.2, 0.25) is 5.91 Å². The summed E-state index contributed by atoms with van der Waals surface area (Å²) in [6.45, 7) is 7.47. The Balaban J connectivity index is 1.23. The Morgan fingerprint density at radius 3 is 2.44 bits per heavy atom. The van der Waals surface area contributed by atoms with Gasteiger partial charge in [-0.05, 0) is 106 Å². The molecule has 4 rings (SSSR count). The summed E-state index contributed by atoms with van der Waals surface area (Å²) in [7, 11) is 0. The lowest BCUT2D eigenvalue weighted by Gasteiger charge is -2.31. The summed E-state index contributed by atoms with van der Waals surface area (Å²) >= 11 is 12.1. The number of nitrogens with one attached hydrogen (secondary N) is 2. The van der Waals surface area contributed by atoms with Crippen molar-refractivity contribution in [1.29, 1.82) is 0 Å². The molecule has 1 aliphatic heterocycles. The zero-order valence-corrected chi connectivity index (χ0v) is 24.7. The Morgan fingerprint density at radius 2 is 1.78 bits per heavy atom. The summed E-state index contributed by atoms with van der Waals surface area (Å²) in [4.78, 5) is 27.6. The average Bonchev–Trinajstić information content (AvgIpc) is 2.95. The number of benzene rings is 3. The number of aryl methyl sites for hydroxylation is 1. The largest absolute Gasteiger partial charge is 0.481 e. The maximum Gasteiger partial charge on any atom is 0.265 e. The average molecular weight is 600 g/mol. The molecule has 1 heterocycles. The monoisotopic (exact) mass is 598 g/mol. The lowest BCUT2D eigenvalue weighted by Crippen LogP contribution is -2.39. The van der Waals surface area contributed by atoms with Crippen molar-refractivity contribution in [3.63, 3.8) is 0 Å². The number of piperidine rings is 1. The van der Waals surface area contributed by atoms with Crippen molar-refractivity contribution in [2.45, 2.75) is 46.3 Å². The number of anilines is 1. The van der Waals surface area contributed by atoms with E-state index in [9.17, 15) is 14.0 Å².